The summed E-state index contributed by atoms with van der Waals surface area (Å²) in [7, 11) is 1.84. The van der Waals surface area contributed by atoms with E-state index in [4.69, 9.17) is 22.2 Å². The first-order valence-electron chi connectivity index (χ1n) is 4.92. The van der Waals surface area contributed by atoms with Crippen molar-refractivity contribution in [3.63, 3.8) is 0 Å². The third-order valence-corrected chi connectivity index (χ3v) is 2.52. The highest BCUT2D eigenvalue weighted by molar-refractivity contribution is 6.31. The van der Waals surface area contributed by atoms with Gasteiger partial charge in [-0.15, -0.1) is 0 Å². The van der Waals surface area contributed by atoms with Crippen molar-refractivity contribution in [3.05, 3.63) is 16.9 Å². The van der Waals surface area contributed by atoms with E-state index in [9.17, 15) is 0 Å². The van der Waals surface area contributed by atoms with Gasteiger partial charge < -0.3 is 4.74 Å². The summed E-state index contributed by atoms with van der Waals surface area (Å²) in [6, 6.07) is -0.0310. The molecule has 15 heavy (non-hydrogen) atoms. The van der Waals surface area contributed by atoms with Crippen LogP contribution in [0.2, 0.25) is 5.02 Å². The highest BCUT2D eigenvalue weighted by atomic mass is 35.5. The van der Waals surface area contributed by atoms with Crippen LogP contribution < -0.4 is 11.3 Å². The molecular weight excluding hydrogens is 216 g/mol. The quantitative estimate of drug-likeness (QED) is 0.437. The lowest BCUT2D eigenvalue weighted by molar-refractivity contribution is 0.135. The number of hydrogen-bond acceptors (Lipinski definition) is 4. The molecule has 86 valence electrons. The van der Waals surface area contributed by atoms with Crippen LogP contribution in [0.1, 0.15) is 25.1 Å². The number of ether oxygens (including phenoxy) is 1. The van der Waals surface area contributed by atoms with E-state index in [1.165, 1.54) is 0 Å². The maximum absolute atomic E-state index is 6.01. The van der Waals surface area contributed by atoms with Crippen LogP contribution in [0, 0.1) is 0 Å². The van der Waals surface area contributed by atoms with Crippen molar-refractivity contribution in [1.29, 1.82) is 0 Å². The first-order chi connectivity index (χ1) is 7.20. The first-order valence-corrected chi connectivity index (χ1v) is 5.29. The Bertz CT molecular complexity index is 283. The van der Waals surface area contributed by atoms with Gasteiger partial charge in [-0.1, -0.05) is 11.6 Å². The Labute approximate surface area is 94.5 Å². The highest BCUT2D eigenvalue weighted by Crippen LogP contribution is 2.23. The van der Waals surface area contributed by atoms with Gasteiger partial charge in [0.1, 0.15) is 0 Å². The van der Waals surface area contributed by atoms with Crippen molar-refractivity contribution >= 4 is 11.6 Å². The summed E-state index contributed by atoms with van der Waals surface area (Å²) in [5.41, 5.74) is 3.61. The van der Waals surface area contributed by atoms with Crippen LogP contribution in [-0.2, 0) is 11.8 Å². The summed E-state index contributed by atoms with van der Waals surface area (Å²) in [4.78, 5) is 0. The average molecular weight is 233 g/mol. The summed E-state index contributed by atoms with van der Waals surface area (Å²) < 4.78 is 7.00. The fraction of sp³-hybridized carbons (Fsp3) is 0.667. The molecule has 1 unspecified atom stereocenters. The van der Waals surface area contributed by atoms with E-state index < -0.39 is 0 Å². The number of nitrogens with zero attached hydrogens (tertiary/aromatic N) is 2. The summed E-state index contributed by atoms with van der Waals surface area (Å²) in [6.45, 7) is 3.31. The van der Waals surface area contributed by atoms with E-state index >= 15 is 0 Å². The molecule has 1 rings (SSSR count). The van der Waals surface area contributed by atoms with Gasteiger partial charge in [0.25, 0.3) is 0 Å². The van der Waals surface area contributed by atoms with Gasteiger partial charge in [0, 0.05) is 20.3 Å². The maximum atomic E-state index is 6.01. The normalized spacial score (nSPS) is 13.1. The third kappa shape index (κ3) is 3.17. The molecule has 1 aromatic heterocycles. The molecule has 0 aliphatic carbocycles. The van der Waals surface area contributed by atoms with Gasteiger partial charge >= 0.3 is 0 Å². The number of aromatic nitrogens is 2. The van der Waals surface area contributed by atoms with Crippen molar-refractivity contribution in [2.24, 2.45) is 12.9 Å². The van der Waals surface area contributed by atoms with Gasteiger partial charge in [-0.3, -0.25) is 16.0 Å². The van der Waals surface area contributed by atoms with Crippen molar-refractivity contribution in [3.8, 4) is 0 Å². The highest BCUT2D eigenvalue weighted by Gasteiger charge is 2.17. The van der Waals surface area contributed by atoms with Gasteiger partial charge in [0.2, 0.25) is 0 Å². The number of aryl methyl sites for hydroxylation is 1. The lowest BCUT2D eigenvalue weighted by Crippen LogP contribution is -2.30. The van der Waals surface area contributed by atoms with E-state index in [1.54, 1.807) is 10.9 Å². The minimum atomic E-state index is -0.0310. The number of hydrogen-bond donors (Lipinski definition) is 2. The Hall–Kier alpha value is -0.620. The molecule has 0 spiro atoms. The third-order valence-electron chi connectivity index (χ3n) is 2.22. The van der Waals surface area contributed by atoms with E-state index in [0.717, 1.165) is 12.1 Å². The molecule has 0 aromatic carbocycles. The first kappa shape index (κ1) is 12.4. The SMILES string of the molecule is CCOCCC(NN)c1c(Cl)cnn1C. The van der Waals surface area contributed by atoms with Crippen LogP contribution in [0.15, 0.2) is 6.20 Å². The average Bonchev–Trinajstić information content (AvgIpc) is 2.55. The van der Waals surface area contributed by atoms with E-state index in [1.807, 2.05) is 14.0 Å². The van der Waals surface area contributed by atoms with Crippen molar-refractivity contribution in [1.82, 2.24) is 15.2 Å². The molecule has 0 radical (unpaired) electrons. The number of hydrazine groups is 1. The lowest BCUT2D eigenvalue weighted by Gasteiger charge is -2.16. The number of nitrogens with two attached hydrogens (primary N) is 1. The minimum Gasteiger partial charge on any atom is -0.382 e. The standard InChI is InChI=1S/C9H17ClN4O/c1-3-15-5-4-8(13-11)9-7(10)6-12-14(9)2/h6,8,13H,3-5,11H2,1-2H3. The van der Waals surface area contributed by atoms with E-state index in [2.05, 4.69) is 10.5 Å². The number of nitrogens with one attached hydrogen (secondary N) is 1. The summed E-state index contributed by atoms with van der Waals surface area (Å²) in [5, 5.41) is 4.68. The Kier molecular flexibility index (Phi) is 5.04. The smallest absolute Gasteiger partial charge is 0.0834 e. The van der Waals surface area contributed by atoms with Gasteiger partial charge in [-0.25, -0.2) is 0 Å². The Balaban J connectivity index is 2.65. The van der Waals surface area contributed by atoms with E-state index in [0.29, 0.717) is 18.2 Å². The molecule has 5 nitrogen and oxygen atoms in total. The summed E-state index contributed by atoms with van der Waals surface area (Å²) in [6.07, 6.45) is 2.38. The second kappa shape index (κ2) is 6.07. The zero-order chi connectivity index (χ0) is 11.3. The van der Waals surface area contributed by atoms with Crippen LogP contribution in [0.5, 0.6) is 0 Å². The molecule has 0 fully saturated rings. The van der Waals surface area contributed by atoms with Gasteiger partial charge in [-0.2, -0.15) is 5.10 Å². The molecule has 0 saturated carbocycles. The van der Waals surface area contributed by atoms with Crippen LogP contribution in [0.3, 0.4) is 0 Å². The molecule has 1 aromatic rings. The Morgan fingerprint density at radius 3 is 2.93 bits per heavy atom. The Morgan fingerprint density at radius 2 is 2.47 bits per heavy atom. The summed E-state index contributed by atoms with van der Waals surface area (Å²) in [5.74, 6) is 5.48. The molecule has 0 aliphatic heterocycles. The second-order valence-electron chi connectivity index (χ2n) is 3.21. The van der Waals surface area contributed by atoms with Crippen LogP contribution in [0.25, 0.3) is 0 Å². The van der Waals surface area contributed by atoms with Gasteiger partial charge in [-0.05, 0) is 13.3 Å². The van der Waals surface area contributed by atoms with Crippen molar-refractivity contribution < 1.29 is 4.74 Å². The molecule has 0 aliphatic rings. The molecule has 6 heteroatoms. The number of rotatable bonds is 6. The minimum absolute atomic E-state index is 0.0310. The zero-order valence-electron chi connectivity index (χ0n) is 9.03. The molecule has 0 amide bonds. The fourth-order valence-electron chi connectivity index (χ4n) is 1.46. The second-order valence-corrected chi connectivity index (χ2v) is 3.61. The molecule has 1 heterocycles. The van der Waals surface area contributed by atoms with E-state index in [-0.39, 0.29) is 6.04 Å². The zero-order valence-corrected chi connectivity index (χ0v) is 9.79. The van der Waals surface area contributed by atoms with Crippen molar-refractivity contribution in [2.75, 3.05) is 13.2 Å². The molecular formula is C9H17ClN4O. The van der Waals surface area contributed by atoms with Gasteiger partial charge in [0.05, 0.1) is 23.0 Å². The topological polar surface area (TPSA) is 65.1 Å². The fourth-order valence-corrected chi connectivity index (χ4v) is 1.75. The summed E-state index contributed by atoms with van der Waals surface area (Å²) >= 11 is 6.01. The molecule has 0 saturated heterocycles. The van der Waals surface area contributed by atoms with Crippen LogP contribution >= 0.6 is 11.6 Å². The van der Waals surface area contributed by atoms with Crippen LogP contribution in [-0.4, -0.2) is 23.0 Å². The largest absolute Gasteiger partial charge is 0.382 e. The maximum Gasteiger partial charge on any atom is 0.0834 e. The van der Waals surface area contributed by atoms with Crippen LogP contribution in [0.4, 0.5) is 0 Å². The lowest BCUT2D eigenvalue weighted by atomic mass is 10.1. The Morgan fingerprint density at radius 1 is 1.73 bits per heavy atom. The van der Waals surface area contributed by atoms with Crippen molar-refractivity contribution in [2.45, 2.75) is 19.4 Å². The number of halogens is 1. The monoisotopic (exact) mass is 232 g/mol. The predicted octanol–water partition coefficient (Wildman–Crippen LogP) is 1.00. The predicted molar refractivity (Wildman–Crippen MR) is 59.4 cm³/mol. The molecule has 0 bridgehead atoms. The molecule has 1 atom stereocenters. The molecule has 3 N–H and O–H groups in total. The van der Waals surface area contributed by atoms with Gasteiger partial charge in [0.15, 0.2) is 0 Å².